The van der Waals surface area contributed by atoms with Gasteiger partial charge in [-0.05, 0) is 11.6 Å². The van der Waals surface area contributed by atoms with Crippen LogP contribution in [0.15, 0.2) is 18.5 Å². The maximum absolute atomic E-state index is 5.72. The van der Waals surface area contributed by atoms with Gasteiger partial charge in [0, 0.05) is 6.07 Å². The predicted molar refractivity (Wildman–Crippen MR) is 58.1 cm³/mol. The molecule has 0 aromatic carbocycles. The summed E-state index contributed by atoms with van der Waals surface area (Å²) in [6.45, 7) is 0. The summed E-state index contributed by atoms with van der Waals surface area (Å²) in [5, 5.41) is 0.574. The zero-order valence-electron chi connectivity index (χ0n) is 7.15. The highest BCUT2D eigenvalue weighted by Crippen LogP contribution is 2.20. The first-order valence-electron chi connectivity index (χ1n) is 3.83. The van der Waals surface area contributed by atoms with Gasteiger partial charge in [0.15, 0.2) is 0 Å². The van der Waals surface area contributed by atoms with Gasteiger partial charge in [0.1, 0.15) is 16.0 Å². The van der Waals surface area contributed by atoms with Crippen molar-refractivity contribution in [2.24, 2.45) is 0 Å². The van der Waals surface area contributed by atoms with Crippen molar-refractivity contribution in [1.82, 2.24) is 19.9 Å². The minimum atomic E-state index is 0.0549. The summed E-state index contributed by atoms with van der Waals surface area (Å²) in [6.07, 6.45) is 2.94. The van der Waals surface area contributed by atoms with E-state index in [0.717, 1.165) is 0 Å². The molecule has 2 rings (SSSR count). The Kier molecular flexibility index (Phi) is 3.00. The van der Waals surface area contributed by atoms with Crippen molar-refractivity contribution in [1.29, 1.82) is 0 Å². The van der Waals surface area contributed by atoms with Crippen LogP contribution in [0.1, 0.15) is 0 Å². The van der Waals surface area contributed by atoms with Gasteiger partial charge in [-0.15, -0.1) is 0 Å². The molecule has 0 spiro atoms. The Labute approximate surface area is 100 Å². The Morgan fingerprint density at radius 2 is 1.60 bits per heavy atom. The molecule has 0 aliphatic rings. The lowest BCUT2D eigenvalue weighted by atomic mass is 10.3. The molecule has 0 amide bonds. The first-order chi connectivity index (χ1) is 7.15. The predicted octanol–water partition coefficient (Wildman–Crippen LogP) is 2.89. The standard InChI is InChI=1S/C8H3Cl3N4/c9-6-1-4(14-8(11)15-6)5-2-12-3-7(10)13-5/h1-3H. The van der Waals surface area contributed by atoms with Crippen LogP contribution >= 0.6 is 34.8 Å². The molecule has 0 unspecified atom stereocenters. The molecule has 4 nitrogen and oxygen atoms in total. The maximum Gasteiger partial charge on any atom is 0.224 e. The van der Waals surface area contributed by atoms with Crippen LogP contribution < -0.4 is 0 Å². The molecular formula is C8H3Cl3N4. The van der Waals surface area contributed by atoms with E-state index in [1.165, 1.54) is 18.5 Å². The molecule has 7 heteroatoms. The topological polar surface area (TPSA) is 51.6 Å². The Hall–Kier alpha value is -0.970. The number of nitrogens with zero attached hydrogens (tertiary/aromatic N) is 4. The van der Waals surface area contributed by atoms with Crippen LogP contribution in [-0.4, -0.2) is 19.9 Å². The van der Waals surface area contributed by atoms with Crippen molar-refractivity contribution >= 4 is 34.8 Å². The first-order valence-corrected chi connectivity index (χ1v) is 4.96. The van der Waals surface area contributed by atoms with E-state index >= 15 is 0 Å². The fourth-order valence-electron chi connectivity index (χ4n) is 0.987. The number of hydrogen-bond acceptors (Lipinski definition) is 4. The van der Waals surface area contributed by atoms with E-state index in [9.17, 15) is 0 Å². The van der Waals surface area contributed by atoms with Crippen molar-refractivity contribution in [3.63, 3.8) is 0 Å². The molecule has 0 fully saturated rings. The quantitative estimate of drug-likeness (QED) is 0.585. The fraction of sp³-hybridized carbons (Fsp3) is 0. The lowest BCUT2D eigenvalue weighted by molar-refractivity contribution is 1.13. The summed E-state index contributed by atoms with van der Waals surface area (Å²) in [5.41, 5.74) is 0.976. The van der Waals surface area contributed by atoms with Crippen LogP contribution in [0.25, 0.3) is 11.4 Å². The third-order valence-electron chi connectivity index (χ3n) is 1.54. The van der Waals surface area contributed by atoms with Gasteiger partial charge in [-0.25, -0.2) is 15.0 Å². The maximum atomic E-state index is 5.72. The van der Waals surface area contributed by atoms with Gasteiger partial charge in [0.05, 0.1) is 18.1 Å². The molecule has 15 heavy (non-hydrogen) atoms. The highest BCUT2D eigenvalue weighted by Gasteiger charge is 2.06. The van der Waals surface area contributed by atoms with Crippen LogP contribution in [0.3, 0.4) is 0 Å². The average molecular weight is 261 g/mol. The van der Waals surface area contributed by atoms with Crippen molar-refractivity contribution in [2.75, 3.05) is 0 Å². The Balaban J connectivity index is 2.54. The molecule has 76 valence electrons. The van der Waals surface area contributed by atoms with E-state index in [2.05, 4.69) is 19.9 Å². The number of aromatic nitrogens is 4. The smallest absolute Gasteiger partial charge is 0.224 e. The van der Waals surface area contributed by atoms with Gasteiger partial charge >= 0.3 is 0 Å². The van der Waals surface area contributed by atoms with E-state index < -0.39 is 0 Å². The van der Waals surface area contributed by atoms with Gasteiger partial charge in [-0.2, -0.15) is 0 Å². The third-order valence-corrected chi connectivity index (χ3v) is 2.08. The minimum absolute atomic E-state index is 0.0549. The molecule has 0 saturated carbocycles. The lowest BCUT2D eigenvalue weighted by Gasteiger charge is -2.00. The van der Waals surface area contributed by atoms with Gasteiger partial charge in [0.25, 0.3) is 0 Å². The molecule has 0 saturated heterocycles. The second kappa shape index (κ2) is 4.26. The zero-order valence-corrected chi connectivity index (χ0v) is 9.42. The monoisotopic (exact) mass is 260 g/mol. The first kappa shape index (κ1) is 10.5. The highest BCUT2D eigenvalue weighted by atomic mass is 35.5. The molecular weight excluding hydrogens is 258 g/mol. The second-order valence-electron chi connectivity index (χ2n) is 2.57. The molecule has 0 aliphatic heterocycles. The molecule has 2 aromatic heterocycles. The second-order valence-corrected chi connectivity index (χ2v) is 3.68. The van der Waals surface area contributed by atoms with Crippen LogP contribution in [0.4, 0.5) is 0 Å². The van der Waals surface area contributed by atoms with E-state index in [4.69, 9.17) is 34.8 Å². The van der Waals surface area contributed by atoms with E-state index in [0.29, 0.717) is 11.4 Å². The van der Waals surface area contributed by atoms with Crippen LogP contribution in [0.2, 0.25) is 15.6 Å². The molecule has 0 N–H and O–H groups in total. The molecule has 0 radical (unpaired) electrons. The lowest BCUT2D eigenvalue weighted by Crippen LogP contribution is -1.92. The summed E-state index contributed by atoms with van der Waals surface area (Å²) in [6, 6.07) is 1.54. The SMILES string of the molecule is Clc1cncc(-c2cc(Cl)nc(Cl)n2)n1. The zero-order chi connectivity index (χ0) is 10.8. The van der Waals surface area contributed by atoms with Gasteiger partial charge < -0.3 is 0 Å². The van der Waals surface area contributed by atoms with Crippen molar-refractivity contribution in [3.05, 3.63) is 34.0 Å². The van der Waals surface area contributed by atoms with Crippen molar-refractivity contribution < 1.29 is 0 Å². The number of halogens is 3. The minimum Gasteiger partial charge on any atom is -0.259 e. The average Bonchev–Trinajstić information content (AvgIpc) is 2.16. The Morgan fingerprint density at radius 3 is 2.27 bits per heavy atom. The summed E-state index contributed by atoms with van der Waals surface area (Å²) < 4.78 is 0. The Morgan fingerprint density at radius 1 is 0.800 bits per heavy atom. The summed E-state index contributed by atoms with van der Waals surface area (Å²) >= 11 is 17.1. The van der Waals surface area contributed by atoms with Crippen LogP contribution in [0, 0.1) is 0 Å². The number of rotatable bonds is 1. The van der Waals surface area contributed by atoms with Gasteiger partial charge in [0.2, 0.25) is 5.28 Å². The van der Waals surface area contributed by atoms with E-state index in [-0.39, 0.29) is 15.6 Å². The molecule has 0 atom stereocenters. The van der Waals surface area contributed by atoms with Crippen molar-refractivity contribution in [2.45, 2.75) is 0 Å². The Bertz CT molecular complexity index is 483. The van der Waals surface area contributed by atoms with E-state index in [1.807, 2.05) is 0 Å². The summed E-state index contributed by atoms with van der Waals surface area (Å²) in [7, 11) is 0. The van der Waals surface area contributed by atoms with Crippen molar-refractivity contribution in [3.8, 4) is 11.4 Å². The highest BCUT2D eigenvalue weighted by molar-refractivity contribution is 6.32. The molecule has 2 aromatic rings. The molecule has 2 heterocycles. The van der Waals surface area contributed by atoms with Crippen LogP contribution in [-0.2, 0) is 0 Å². The van der Waals surface area contributed by atoms with Gasteiger partial charge in [-0.1, -0.05) is 23.2 Å². The van der Waals surface area contributed by atoms with E-state index in [1.54, 1.807) is 0 Å². The van der Waals surface area contributed by atoms with Crippen LogP contribution in [0.5, 0.6) is 0 Å². The van der Waals surface area contributed by atoms with Gasteiger partial charge in [-0.3, -0.25) is 4.98 Å². The number of hydrogen-bond donors (Lipinski definition) is 0. The normalized spacial score (nSPS) is 10.3. The summed E-state index contributed by atoms with van der Waals surface area (Å²) in [5.74, 6) is 0. The largest absolute Gasteiger partial charge is 0.259 e. The fourth-order valence-corrected chi connectivity index (χ4v) is 1.54. The molecule has 0 bridgehead atoms. The molecule has 0 aliphatic carbocycles. The summed E-state index contributed by atoms with van der Waals surface area (Å²) in [4.78, 5) is 15.6. The third kappa shape index (κ3) is 2.53.